The van der Waals surface area contributed by atoms with Crippen LogP contribution >= 0.6 is 0 Å². The van der Waals surface area contributed by atoms with Gasteiger partial charge >= 0.3 is 12.1 Å². The predicted octanol–water partition coefficient (Wildman–Crippen LogP) is 1.94. The summed E-state index contributed by atoms with van der Waals surface area (Å²) in [5.74, 6) is -0.0687. The Kier molecular flexibility index (Phi) is 5.00. The Morgan fingerprint density at radius 1 is 1.24 bits per heavy atom. The number of hydrogen-bond acceptors (Lipinski definition) is 5. The van der Waals surface area contributed by atoms with Crippen LogP contribution in [0.2, 0.25) is 0 Å². The number of carbonyl (C=O) groups is 2. The molecule has 0 aliphatic rings. The summed E-state index contributed by atoms with van der Waals surface area (Å²) in [6.07, 6.45) is -0.762. The first-order valence-electron chi connectivity index (χ1n) is 5.16. The van der Waals surface area contributed by atoms with Gasteiger partial charge in [-0.25, -0.2) is 4.79 Å². The second-order valence-electron chi connectivity index (χ2n) is 3.15. The van der Waals surface area contributed by atoms with Crippen LogP contribution in [0.25, 0.3) is 0 Å². The second-order valence-corrected chi connectivity index (χ2v) is 3.15. The van der Waals surface area contributed by atoms with Crippen LogP contribution in [0.15, 0.2) is 24.3 Å². The molecule has 0 N–H and O–H groups in total. The van der Waals surface area contributed by atoms with E-state index in [0.29, 0.717) is 17.9 Å². The van der Waals surface area contributed by atoms with Gasteiger partial charge in [0, 0.05) is 5.56 Å². The third-order valence-electron chi connectivity index (χ3n) is 1.97. The molecule has 0 aliphatic carbocycles. The highest BCUT2D eigenvalue weighted by molar-refractivity contribution is 5.74. The van der Waals surface area contributed by atoms with Gasteiger partial charge in [0.2, 0.25) is 0 Å². The third-order valence-corrected chi connectivity index (χ3v) is 1.97. The standard InChI is InChI=1S/C12H14O5/c1-3-16-11(13)8-9-6-4-5-7-10(9)17-12(14)15-2/h4-7H,3,8H2,1-2H3. The van der Waals surface area contributed by atoms with Gasteiger partial charge in [0.05, 0.1) is 20.1 Å². The van der Waals surface area contributed by atoms with Crippen molar-refractivity contribution < 1.29 is 23.8 Å². The van der Waals surface area contributed by atoms with Crippen LogP contribution in [-0.2, 0) is 20.7 Å². The smallest absolute Gasteiger partial charge is 0.466 e. The van der Waals surface area contributed by atoms with Gasteiger partial charge in [-0.05, 0) is 13.0 Å². The van der Waals surface area contributed by atoms with E-state index < -0.39 is 6.16 Å². The van der Waals surface area contributed by atoms with E-state index in [1.807, 2.05) is 0 Å². The molecule has 1 rings (SSSR count). The second kappa shape index (κ2) is 6.52. The maximum Gasteiger partial charge on any atom is 0.513 e. The summed E-state index contributed by atoms with van der Waals surface area (Å²) in [6.45, 7) is 2.05. The average Bonchev–Trinajstić information content (AvgIpc) is 2.31. The molecule has 0 unspecified atom stereocenters. The first kappa shape index (κ1) is 13.0. The molecule has 0 atom stereocenters. The number of methoxy groups -OCH3 is 1. The quantitative estimate of drug-likeness (QED) is 0.592. The van der Waals surface area contributed by atoms with E-state index in [-0.39, 0.29) is 12.4 Å². The fourth-order valence-electron chi connectivity index (χ4n) is 1.25. The van der Waals surface area contributed by atoms with Crippen molar-refractivity contribution in [3.63, 3.8) is 0 Å². The summed E-state index contributed by atoms with van der Waals surface area (Å²) in [5.41, 5.74) is 0.580. The molecular weight excluding hydrogens is 224 g/mol. The molecule has 5 heteroatoms. The predicted molar refractivity (Wildman–Crippen MR) is 59.8 cm³/mol. The van der Waals surface area contributed by atoms with Gasteiger partial charge in [0.15, 0.2) is 0 Å². The first-order valence-corrected chi connectivity index (χ1v) is 5.16. The molecule has 0 amide bonds. The van der Waals surface area contributed by atoms with E-state index in [4.69, 9.17) is 9.47 Å². The fourth-order valence-corrected chi connectivity index (χ4v) is 1.25. The Bertz CT molecular complexity index is 400. The van der Waals surface area contributed by atoms with Gasteiger partial charge in [-0.2, -0.15) is 0 Å². The monoisotopic (exact) mass is 238 g/mol. The van der Waals surface area contributed by atoms with Gasteiger partial charge in [-0.1, -0.05) is 18.2 Å². The van der Waals surface area contributed by atoms with Crippen LogP contribution in [0.5, 0.6) is 5.75 Å². The Hall–Kier alpha value is -2.04. The molecule has 0 saturated carbocycles. The largest absolute Gasteiger partial charge is 0.513 e. The molecule has 1 aromatic carbocycles. The molecule has 92 valence electrons. The van der Waals surface area contributed by atoms with Crippen molar-refractivity contribution in [1.29, 1.82) is 0 Å². The van der Waals surface area contributed by atoms with Crippen LogP contribution in [0.1, 0.15) is 12.5 Å². The Labute approximate surface area is 99.3 Å². The molecule has 5 nitrogen and oxygen atoms in total. The SMILES string of the molecule is CCOC(=O)Cc1ccccc1OC(=O)OC. The summed E-state index contributed by atoms with van der Waals surface area (Å²) < 4.78 is 14.1. The average molecular weight is 238 g/mol. The highest BCUT2D eigenvalue weighted by Gasteiger charge is 2.12. The summed E-state index contributed by atoms with van der Waals surface area (Å²) in [5, 5.41) is 0. The van der Waals surface area contributed by atoms with Crippen LogP contribution < -0.4 is 4.74 Å². The van der Waals surface area contributed by atoms with E-state index in [2.05, 4.69) is 4.74 Å². The van der Waals surface area contributed by atoms with E-state index in [1.54, 1.807) is 31.2 Å². The van der Waals surface area contributed by atoms with Crippen LogP contribution in [0.3, 0.4) is 0 Å². The number of esters is 1. The topological polar surface area (TPSA) is 61.8 Å². The number of ether oxygens (including phenoxy) is 3. The number of rotatable bonds is 4. The molecule has 0 aliphatic heterocycles. The van der Waals surface area contributed by atoms with Crippen LogP contribution in [0.4, 0.5) is 4.79 Å². The van der Waals surface area contributed by atoms with E-state index in [1.165, 1.54) is 7.11 Å². The van der Waals surface area contributed by atoms with Crippen molar-refractivity contribution in [2.24, 2.45) is 0 Å². The first-order chi connectivity index (χ1) is 8.17. The van der Waals surface area contributed by atoms with Crippen molar-refractivity contribution in [1.82, 2.24) is 0 Å². The summed E-state index contributed by atoms with van der Waals surface area (Å²) in [6, 6.07) is 6.73. The number of hydrogen-bond donors (Lipinski definition) is 0. The Balaban J connectivity index is 2.77. The van der Waals surface area contributed by atoms with E-state index in [0.717, 1.165) is 0 Å². The van der Waals surface area contributed by atoms with Crippen molar-refractivity contribution >= 4 is 12.1 Å². The lowest BCUT2D eigenvalue weighted by atomic mass is 10.1. The molecule has 1 aromatic rings. The van der Waals surface area contributed by atoms with Crippen molar-refractivity contribution in [2.75, 3.05) is 13.7 Å². The highest BCUT2D eigenvalue weighted by atomic mass is 16.7. The molecular formula is C12H14O5. The summed E-state index contributed by atoms with van der Waals surface area (Å²) >= 11 is 0. The zero-order valence-corrected chi connectivity index (χ0v) is 9.76. The number of para-hydroxylation sites is 1. The van der Waals surface area contributed by atoms with Gasteiger partial charge in [-0.15, -0.1) is 0 Å². The third kappa shape index (κ3) is 4.14. The zero-order chi connectivity index (χ0) is 12.7. The van der Waals surface area contributed by atoms with Crippen LogP contribution in [0, 0.1) is 0 Å². The van der Waals surface area contributed by atoms with E-state index in [9.17, 15) is 9.59 Å². The van der Waals surface area contributed by atoms with E-state index >= 15 is 0 Å². The molecule has 0 fully saturated rings. The Morgan fingerprint density at radius 3 is 2.59 bits per heavy atom. The van der Waals surface area contributed by atoms with Gasteiger partial charge in [0.25, 0.3) is 0 Å². The minimum absolute atomic E-state index is 0.0566. The molecule has 0 saturated heterocycles. The van der Waals surface area contributed by atoms with Crippen LogP contribution in [-0.4, -0.2) is 25.8 Å². The highest BCUT2D eigenvalue weighted by Crippen LogP contribution is 2.19. The number of carbonyl (C=O) groups excluding carboxylic acids is 2. The fraction of sp³-hybridized carbons (Fsp3) is 0.333. The molecule has 0 radical (unpaired) electrons. The number of benzene rings is 1. The lowest BCUT2D eigenvalue weighted by Gasteiger charge is -2.08. The summed E-state index contributed by atoms with van der Waals surface area (Å²) in [4.78, 5) is 22.3. The Morgan fingerprint density at radius 2 is 1.94 bits per heavy atom. The lowest BCUT2D eigenvalue weighted by molar-refractivity contribution is -0.142. The molecule has 0 spiro atoms. The molecule has 0 heterocycles. The lowest BCUT2D eigenvalue weighted by Crippen LogP contribution is -2.12. The normalized spacial score (nSPS) is 9.53. The van der Waals surface area contributed by atoms with Gasteiger partial charge in [0.1, 0.15) is 5.75 Å². The van der Waals surface area contributed by atoms with Gasteiger partial charge in [-0.3, -0.25) is 4.79 Å². The molecule has 0 aromatic heterocycles. The summed E-state index contributed by atoms with van der Waals surface area (Å²) in [7, 11) is 1.22. The minimum Gasteiger partial charge on any atom is -0.466 e. The van der Waals surface area contributed by atoms with Crippen molar-refractivity contribution in [2.45, 2.75) is 13.3 Å². The molecule has 0 bridgehead atoms. The zero-order valence-electron chi connectivity index (χ0n) is 9.76. The minimum atomic E-state index is -0.818. The van der Waals surface area contributed by atoms with Crippen molar-refractivity contribution in [3.05, 3.63) is 29.8 Å². The maximum absolute atomic E-state index is 11.3. The maximum atomic E-state index is 11.3. The molecule has 17 heavy (non-hydrogen) atoms. The van der Waals surface area contributed by atoms with Gasteiger partial charge < -0.3 is 14.2 Å². The van der Waals surface area contributed by atoms with Crippen molar-refractivity contribution in [3.8, 4) is 5.75 Å².